The van der Waals surface area contributed by atoms with Crippen molar-refractivity contribution in [2.45, 2.75) is 11.4 Å². The van der Waals surface area contributed by atoms with Gasteiger partial charge >= 0.3 is 5.69 Å². The predicted octanol–water partition coefficient (Wildman–Crippen LogP) is 3.64. The van der Waals surface area contributed by atoms with Crippen LogP contribution in [0.5, 0.6) is 0 Å². The van der Waals surface area contributed by atoms with E-state index in [4.69, 9.17) is 11.6 Å². The average molecular weight is 407 g/mol. The normalized spacial score (nSPS) is 11.3. The largest absolute Gasteiger partial charge is 0.347 e. The van der Waals surface area contributed by atoms with E-state index in [1.54, 1.807) is 23.0 Å². The zero-order chi connectivity index (χ0) is 19.6. The Labute approximate surface area is 160 Å². The standard InChI is InChI=1S/C17H15ClN4O4S/c1-27(25,26)16-4-2-3-15(17(16)22(23)24)20-14-9-19-21(11-14)10-12-5-7-13(18)8-6-12/h2-9,11,20H,10H2,1H3. The molecule has 0 aliphatic carbocycles. The molecule has 0 saturated heterocycles. The molecule has 10 heteroatoms. The molecule has 140 valence electrons. The number of hydrogen-bond acceptors (Lipinski definition) is 6. The van der Waals surface area contributed by atoms with E-state index in [1.165, 1.54) is 24.4 Å². The summed E-state index contributed by atoms with van der Waals surface area (Å²) in [7, 11) is -3.75. The highest BCUT2D eigenvalue weighted by atomic mass is 35.5. The predicted molar refractivity (Wildman–Crippen MR) is 102 cm³/mol. The fraction of sp³-hybridized carbons (Fsp3) is 0.118. The molecule has 27 heavy (non-hydrogen) atoms. The summed E-state index contributed by atoms with van der Waals surface area (Å²) in [6, 6.07) is 11.4. The molecular weight excluding hydrogens is 392 g/mol. The molecule has 0 aliphatic heterocycles. The van der Waals surface area contributed by atoms with Crippen molar-refractivity contribution in [1.29, 1.82) is 0 Å². The van der Waals surface area contributed by atoms with Crippen molar-refractivity contribution in [2.24, 2.45) is 0 Å². The Morgan fingerprint density at radius 2 is 1.93 bits per heavy atom. The van der Waals surface area contributed by atoms with Crippen molar-refractivity contribution < 1.29 is 13.3 Å². The Morgan fingerprint density at radius 1 is 1.22 bits per heavy atom. The fourth-order valence-corrected chi connectivity index (χ4v) is 3.55. The minimum absolute atomic E-state index is 0.0777. The number of benzene rings is 2. The number of nitro benzene ring substituents is 1. The second-order valence-corrected chi connectivity index (χ2v) is 8.28. The van der Waals surface area contributed by atoms with Gasteiger partial charge in [-0.3, -0.25) is 14.8 Å². The number of nitrogens with zero attached hydrogens (tertiary/aromatic N) is 3. The monoisotopic (exact) mass is 406 g/mol. The highest BCUT2D eigenvalue weighted by molar-refractivity contribution is 7.90. The van der Waals surface area contributed by atoms with Crippen LogP contribution in [0.25, 0.3) is 0 Å². The molecule has 3 aromatic rings. The molecule has 0 atom stereocenters. The van der Waals surface area contributed by atoms with E-state index in [9.17, 15) is 18.5 Å². The van der Waals surface area contributed by atoms with Crippen molar-refractivity contribution in [3.63, 3.8) is 0 Å². The van der Waals surface area contributed by atoms with Crippen LogP contribution in [-0.4, -0.2) is 29.4 Å². The number of nitro groups is 1. The average Bonchev–Trinajstić information content (AvgIpc) is 3.02. The Kier molecular flexibility index (Phi) is 5.15. The number of rotatable bonds is 6. The minimum Gasteiger partial charge on any atom is -0.347 e. The Bertz CT molecular complexity index is 1090. The molecule has 1 heterocycles. The van der Waals surface area contributed by atoms with Crippen LogP contribution in [0.3, 0.4) is 0 Å². The van der Waals surface area contributed by atoms with Gasteiger partial charge in [0.2, 0.25) is 0 Å². The van der Waals surface area contributed by atoms with Crippen molar-refractivity contribution in [2.75, 3.05) is 11.6 Å². The molecule has 0 bridgehead atoms. The van der Waals surface area contributed by atoms with Crippen molar-refractivity contribution >= 4 is 38.5 Å². The molecular formula is C17H15ClN4O4S. The highest BCUT2D eigenvalue weighted by Gasteiger charge is 2.26. The molecule has 3 rings (SSSR count). The molecule has 0 fully saturated rings. The lowest BCUT2D eigenvalue weighted by Crippen LogP contribution is -2.05. The van der Waals surface area contributed by atoms with Crippen molar-refractivity contribution in [3.8, 4) is 0 Å². The Morgan fingerprint density at radius 3 is 2.56 bits per heavy atom. The summed E-state index contributed by atoms with van der Waals surface area (Å²) in [5, 5.41) is 19.1. The van der Waals surface area contributed by atoms with Gasteiger partial charge in [-0.1, -0.05) is 29.8 Å². The summed E-state index contributed by atoms with van der Waals surface area (Å²) in [5.74, 6) is 0. The van der Waals surface area contributed by atoms with Gasteiger partial charge in [-0.15, -0.1) is 0 Å². The molecule has 0 radical (unpaired) electrons. The third-order valence-electron chi connectivity index (χ3n) is 3.75. The molecule has 2 aromatic carbocycles. The summed E-state index contributed by atoms with van der Waals surface area (Å²) in [5.41, 5.74) is 1.07. The third-order valence-corrected chi connectivity index (χ3v) is 5.13. The van der Waals surface area contributed by atoms with E-state index in [-0.39, 0.29) is 10.6 Å². The molecule has 0 unspecified atom stereocenters. The maximum Gasteiger partial charge on any atom is 0.311 e. The number of nitrogens with one attached hydrogen (secondary N) is 1. The molecule has 0 amide bonds. The quantitative estimate of drug-likeness (QED) is 0.494. The number of anilines is 2. The summed E-state index contributed by atoms with van der Waals surface area (Å²) < 4.78 is 25.3. The van der Waals surface area contributed by atoms with Crippen LogP contribution in [0, 0.1) is 10.1 Å². The topological polar surface area (TPSA) is 107 Å². The third kappa shape index (κ3) is 4.44. The molecule has 0 saturated carbocycles. The van der Waals surface area contributed by atoms with Crippen LogP contribution < -0.4 is 5.32 Å². The van der Waals surface area contributed by atoms with E-state index in [2.05, 4.69) is 10.4 Å². The maximum atomic E-state index is 11.8. The van der Waals surface area contributed by atoms with Crippen LogP contribution in [0.4, 0.5) is 17.1 Å². The first-order valence-electron chi connectivity index (χ1n) is 7.75. The van der Waals surface area contributed by atoms with Gasteiger partial charge < -0.3 is 5.32 Å². The second-order valence-electron chi connectivity index (χ2n) is 5.86. The van der Waals surface area contributed by atoms with E-state index >= 15 is 0 Å². The van der Waals surface area contributed by atoms with Gasteiger partial charge in [-0.05, 0) is 29.8 Å². The lowest BCUT2D eigenvalue weighted by Gasteiger charge is -2.08. The van der Waals surface area contributed by atoms with E-state index < -0.39 is 20.4 Å². The van der Waals surface area contributed by atoms with Crippen LogP contribution in [0.1, 0.15) is 5.56 Å². The first-order valence-corrected chi connectivity index (χ1v) is 10.0. The molecule has 1 N–H and O–H groups in total. The zero-order valence-electron chi connectivity index (χ0n) is 14.2. The Balaban J connectivity index is 1.87. The highest BCUT2D eigenvalue weighted by Crippen LogP contribution is 2.33. The first kappa shape index (κ1) is 18.9. The van der Waals surface area contributed by atoms with Crippen molar-refractivity contribution in [3.05, 3.63) is 75.6 Å². The van der Waals surface area contributed by atoms with Crippen LogP contribution in [0.2, 0.25) is 5.02 Å². The van der Waals surface area contributed by atoms with Gasteiger partial charge in [-0.25, -0.2) is 8.42 Å². The van der Waals surface area contributed by atoms with Crippen molar-refractivity contribution in [1.82, 2.24) is 9.78 Å². The van der Waals surface area contributed by atoms with E-state index in [1.807, 2.05) is 12.1 Å². The molecule has 0 spiro atoms. The first-order chi connectivity index (χ1) is 12.7. The number of para-hydroxylation sites is 1. The smallest absolute Gasteiger partial charge is 0.311 e. The summed E-state index contributed by atoms with van der Waals surface area (Å²) in [6.45, 7) is 0.490. The van der Waals surface area contributed by atoms with Crippen LogP contribution in [-0.2, 0) is 16.4 Å². The van der Waals surface area contributed by atoms with Gasteiger partial charge in [0, 0.05) is 17.5 Å². The molecule has 1 aromatic heterocycles. The minimum atomic E-state index is -3.75. The zero-order valence-corrected chi connectivity index (χ0v) is 15.7. The number of halogens is 1. The van der Waals surface area contributed by atoms with Gasteiger partial charge in [0.25, 0.3) is 0 Å². The lowest BCUT2D eigenvalue weighted by atomic mass is 10.2. The van der Waals surface area contributed by atoms with Gasteiger partial charge in [0.15, 0.2) is 9.84 Å². The summed E-state index contributed by atoms with van der Waals surface area (Å²) in [4.78, 5) is 10.4. The summed E-state index contributed by atoms with van der Waals surface area (Å²) >= 11 is 5.86. The number of sulfone groups is 1. The van der Waals surface area contributed by atoms with Crippen LogP contribution in [0.15, 0.2) is 59.8 Å². The lowest BCUT2D eigenvalue weighted by molar-refractivity contribution is -0.386. The maximum absolute atomic E-state index is 11.8. The SMILES string of the molecule is CS(=O)(=O)c1cccc(Nc2cnn(Cc3ccc(Cl)cc3)c2)c1[N+](=O)[O-]. The summed E-state index contributed by atoms with van der Waals surface area (Å²) in [6.07, 6.45) is 4.11. The van der Waals surface area contributed by atoms with E-state index in [0.29, 0.717) is 17.3 Å². The van der Waals surface area contributed by atoms with Gasteiger partial charge in [0.1, 0.15) is 10.6 Å². The number of aromatic nitrogens is 2. The van der Waals surface area contributed by atoms with Crippen LogP contribution >= 0.6 is 11.6 Å². The van der Waals surface area contributed by atoms with Gasteiger partial charge in [0.05, 0.1) is 23.4 Å². The second kappa shape index (κ2) is 7.37. The molecule has 8 nitrogen and oxygen atoms in total. The van der Waals surface area contributed by atoms with Gasteiger partial charge in [-0.2, -0.15) is 5.10 Å². The molecule has 0 aliphatic rings. The Hall–Kier alpha value is -2.91. The fourth-order valence-electron chi connectivity index (χ4n) is 2.56. The number of hydrogen-bond donors (Lipinski definition) is 1. The van der Waals surface area contributed by atoms with E-state index in [0.717, 1.165) is 11.8 Å².